The molecule has 0 unspecified atom stereocenters. The van der Waals surface area contributed by atoms with Crippen molar-refractivity contribution in [2.24, 2.45) is 22.4 Å². The van der Waals surface area contributed by atoms with Crippen LogP contribution < -0.4 is 5.43 Å². The van der Waals surface area contributed by atoms with Crippen LogP contribution in [0.15, 0.2) is 41.0 Å². The Kier molecular flexibility index (Phi) is 3.32. The number of para-hydroxylation sites is 1. The summed E-state index contributed by atoms with van der Waals surface area (Å²) in [5.74, 6) is 0.897. The molecule has 0 aromatic heterocycles. The molecule has 1 fully saturated rings. The van der Waals surface area contributed by atoms with Crippen molar-refractivity contribution in [1.29, 1.82) is 0 Å². The minimum Gasteiger partial charge on any atom is -0.507 e. The standard InChI is InChI=1S/C17H20N2O2/c1-17(2)12-8-7-11(14(17)9-12)10-18-19-16(21)13-5-3-4-6-15(13)20/h3-7,10,12,14,20H,8-9H2,1-2H3,(H,19,21)/b18-10-/t12-,14-/m0/s1. The first kappa shape index (κ1) is 13.9. The Morgan fingerprint density at radius 3 is 2.86 bits per heavy atom. The molecule has 3 aliphatic carbocycles. The van der Waals surface area contributed by atoms with Crippen molar-refractivity contribution in [2.45, 2.75) is 26.7 Å². The van der Waals surface area contributed by atoms with Gasteiger partial charge in [-0.2, -0.15) is 5.10 Å². The van der Waals surface area contributed by atoms with Crippen LogP contribution in [0.3, 0.4) is 0 Å². The summed E-state index contributed by atoms with van der Waals surface area (Å²) in [4.78, 5) is 11.9. The molecule has 2 N–H and O–H groups in total. The third-order valence-corrected chi connectivity index (χ3v) is 5.04. The van der Waals surface area contributed by atoms with E-state index in [0.717, 1.165) is 12.3 Å². The smallest absolute Gasteiger partial charge is 0.275 e. The minimum atomic E-state index is -0.397. The molecule has 110 valence electrons. The van der Waals surface area contributed by atoms with Crippen molar-refractivity contribution in [2.75, 3.05) is 0 Å². The van der Waals surface area contributed by atoms with Crippen molar-refractivity contribution in [3.8, 4) is 5.75 Å². The van der Waals surface area contributed by atoms with Crippen LogP contribution in [0.2, 0.25) is 0 Å². The zero-order chi connectivity index (χ0) is 15.0. The van der Waals surface area contributed by atoms with E-state index in [2.05, 4.69) is 30.5 Å². The van der Waals surface area contributed by atoms with Gasteiger partial charge in [0.15, 0.2) is 0 Å². The van der Waals surface area contributed by atoms with Gasteiger partial charge in [-0.1, -0.05) is 32.1 Å². The summed E-state index contributed by atoms with van der Waals surface area (Å²) in [5.41, 5.74) is 4.27. The zero-order valence-electron chi connectivity index (χ0n) is 12.3. The van der Waals surface area contributed by atoms with E-state index < -0.39 is 5.91 Å². The molecule has 0 spiro atoms. The van der Waals surface area contributed by atoms with Gasteiger partial charge in [0.25, 0.3) is 5.91 Å². The zero-order valence-corrected chi connectivity index (χ0v) is 12.3. The van der Waals surface area contributed by atoms with Gasteiger partial charge < -0.3 is 5.11 Å². The summed E-state index contributed by atoms with van der Waals surface area (Å²) in [7, 11) is 0. The Balaban J connectivity index is 1.65. The van der Waals surface area contributed by atoms with Gasteiger partial charge >= 0.3 is 0 Å². The van der Waals surface area contributed by atoms with Crippen molar-refractivity contribution in [3.05, 3.63) is 41.5 Å². The normalized spacial score (nSPS) is 26.1. The van der Waals surface area contributed by atoms with Gasteiger partial charge in [0.2, 0.25) is 0 Å². The van der Waals surface area contributed by atoms with Gasteiger partial charge in [-0.3, -0.25) is 4.79 Å². The number of benzene rings is 1. The summed E-state index contributed by atoms with van der Waals surface area (Å²) in [6.07, 6.45) is 6.29. The number of fused-ring (bicyclic) bond motifs is 1. The molecule has 0 heterocycles. The maximum absolute atomic E-state index is 11.9. The third kappa shape index (κ3) is 2.35. The molecule has 0 aliphatic heterocycles. The van der Waals surface area contributed by atoms with E-state index >= 15 is 0 Å². The molecular weight excluding hydrogens is 264 g/mol. The first-order valence-electron chi connectivity index (χ1n) is 7.31. The molecule has 1 amide bonds. The predicted octanol–water partition coefficient (Wildman–Crippen LogP) is 3.10. The molecule has 0 radical (unpaired) electrons. The van der Waals surface area contributed by atoms with Crippen LogP contribution in [0, 0.1) is 17.3 Å². The Morgan fingerprint density at radius 2 is 2.19 bits per heavy atom. The maximum atomic E-state index is 11.9. The van der Waals surface area contributed by atoms with Crippen LogP contribution in [0.4, 0.5) is 0 Å². The highest BCUT2D eigenvalue weighted by molar-refractivity contribution is 5.97. The average molecular weight is 284 g/mol. The molecule has 4 rings (SSSR count). The second kappa shape index (κ2) is 5.02. The number of hydrogen-bond donors (Lipinski definition) is 2. The molecule has 1 aromatic rings. The van der Waals surface area contributed by atoms with E-state index in [1.807, 2.05) is 0 Å². The van der Waals surface area contributed by atoms with E-state index in [1.54, 1.807) is 24.4 Å². The number of phenols is 1. The van der Waals surface area contributed by atoms with Crippen molar-refractivity contribution >= 4 is 12.1 Å². The Bertz CT molecular complexity index is 631. The van der Waals surface area contributed by atoms with Gasteiger partial charge in [-0.15, -0.1) is 0 Å². The van der Waals surface area contributed by atoms with Crippen LogP contribution in [0.5, 0.6) is 5.75 Å². The molecule has 4 heteroatoms. The molecule has 2 bridgehead atoms. The molecule has 21 heavy (non-hydrogen) atoms. The number of carbonyl (C=O) groups is 1. The lowest BCUT2D eigenvalue weighted by Crippen LogP contribution is -2.48. The molecule has 0 saturated heterocycles. The highest BCUT2D eigenvalue weighted by Crippen LogP contribution is 2.58. The van der Waals surface area contributed by atoms with Crippen molar-refractivity contribution in [3.63, 3.8) is 0 Å². The number of nitrogens with zero attached hydrogens (tertiary/aromatic N) is 1. The first-order chi connectivity index (χ1) is 10.00. The van der Waals surface area contributed by atoms with Gasteiger partial charge in [0.1, 0.15) is 5.75 Å². The topological polar surface area (TPSA) is 61.7 Å². The second-order valence-corrected chi connectivity index (χ2v) is 6.46. The number of rotatable bonds is 3. The van der Waals surface area contributed by atoms with Crippen LogP contribution in [-0.4, -0.2) is 17.2 Å². The number of nitrogens with one attached hydrogen (secondary N) is 1. The number of hydrogen-bond acceptors (Lipinski definition) is 3. The Labute approximate surface area is 124 Å². The van der Waals surface area contributed by atoms with Crippen molar-refractivity contribution < 1.29 is 9.90 Å². The number of hydrazone groups is 1. The summed E-state index contributed by atoms with van der Waals surface area (Å²) >= 11 is 0. The summed E-state index contributed by atoms with van der Waals surface area (Å²) in [6.45, 7) is 4.60. The molecule has 3 aliphatic rings. The van der Waals surface area contributed by atoms with E-state index in [9.17, 15) is 9.90 Å². The fraction of sp³-hybridized carbons (Fsp3) is 0.412. The van der Waals surface area contributed by atoms with Crippen LogP contribution >= 0.6 is 0 Å². The number of amides is 1. The third-order valence-electron chi connectivity index (χ3n) is 5.04. The second-order valence-electron chi connectivity index (χ2n) is 6.46. The maximum Gasteiger partial charge on any atom is 0.275 e. The molecule has 2 atom stereocenters. The largest absolute Gasteiger partial charge is 0.507 e. The summed E-state index contributed by atoms with van der Waals surface area (Å²) in [6, 6.07) is 6.44. The fourth-order valence-corrected chi connectivity index (χ4v) is 3.44. The van der Waals surface area contributed by atoms with E-state index in [-0.39, 0.29) is 11.3 Å². The van der Waals surface area contributed by atoms with Crippen LogP contribution in [0.1, 0.15) is 37.0 Å². The first-order valence-corrected chi connectivity index (χ1v) is 7.31. The Hall–Kier alpha value is -2.10. The van der Waals surface area contributed by atoms with Crippen molar-refractivity contribution in [1.82, 2.24) is 5.43 Å². The van der Waals surface area contributed by atoms with Gasteiger partial charge in [-0.05, 0) is 47.8 Å². The molecular formula is C17H20N2O2. The molecule has 1 saturated carbocycles. The lowest BCUT2D eigenvalue weighted by molar-refractivity contribution is -0.00126. The predicted molar refractivity (Wildman–Crippen MR) is 82.1 cm³/mol. The highest BCUT2D eigenvalue weighted by atomic mass is 16.3. The van der Waals surface area contributed by atoms with E-state index in [1.165, 1.54) is 18.1 Å². The number of carbonyl (C=O) groups excluding carboxylic acids is 1. The monoisotopic (exact) mass is 284 g/mol. The number of allylic oxidation sites excluding steroid dienone is 2. The summed E-state index contributed by atoms with van der Waals surface area (Å²) < 4.78 is 0. The number of aromatic hydroxyl groups is 1. The lowest BCUT2D eigenvalue weighted by atomic mass is 9.49. The van der Waals surface area contributed by atoms with Gasteiger partial charge in [0, 0.05) is 0 Å². The average Bonchev–Trinajstić information content (AvgIpc) is 2.47. The lowest BCUT2D eigenvalue weighted by Gasteiger charge is -2.55. The minimum absolute atomic E-state index is 0.0370. The SMILES string of the molecule is CC1(C)[C@H]2CC=C(/C=N\NC(=O)c3ccccc3O)[C@@H]1C2. The molecule has 4 nitrogen and oxygen atoms in total. The van der Waals surface area contributed by atoms with Crippen LogP contribution in [0.25, 0.3) is 0 Å². The number of phenolic OH excluding ortho intramolecular Hbond substituents is 1. The van der Waals surface area contributed by atoms with Crippen LogP contribution in [-0.2, 0) is 0 Å². The van der Waals surface area contributed by atoms with Gasteiger partial charge in [0.05, 0.1) is 11.8 Å². The van der Waals surface area contributed by atoms with Gasteiger partial charge in [-0.25, -0.2) is 5.43 Å². The fourth-order valence-electron chi connectivity index (χ4n) is 3.44. The quantitative estimate of drug-likeness (QED) is 0.662. The van der Waals surface area contributed by atoms with E-state index in [4.69, 9.17) is 0 Å². The highest BCUT2D eigenvalue weighted by Gasteiger charge is 2.50. The van der Waals surface area contributed by atoms with E-state index in [0.29, 0.717) is 11.3 Å². The molecule has 1 aromatic carbocycles. The summed E-state index contributed by atoms with van der Waals surface area (Å²) in [5, 5.41) is 13.7. The Morgan fingerprint density at radius 1 is 1.43 bits per heavy atom.